The van der Waals surface area contributed by atoms with Crippen molar-refractivity contribution >= 4 is 0 Å². The summed E-state index contributed by atoms with van der Waals surface area (Å²) in [7, 11) is 0. The maximum absolute atomic E-state index is 9.79. The zero-order chi connectivity index (χ0) is 14.9. The third kappa shape index (κ3) is 3.18. The first kappa shape index (κ1) is 15.8. The molecule has 0 radical (unpaired) electrons. The Morgan fingerprint density at radius 2 is 1.70 bits per heavy atom. The minimum Gasteiger partial charge on any atom is -0.394 e. The van der Waals surface area contributed by atoms with Crippen molar-refractivity contribution in [2.24, 2.45) is 0 Å². The quantitative estimate of drug-likeness (QED) is 0.300. The molecule has 0 bridgehead atoms. The summed E-state index contributed by atoms with van der Waals surface area (Å²) >= 11 is 0. The molecule has 2 aliphatic rings. The molecule has 1 fully saturated rings. The van der Waals surface area contributed by atoms with E-state index in [2.05, 4.69) is 0 Å². The van der Waals surface area contributed by atoms with Gasteiger partial charge in [-0.2, -0.15) is 0 Å². The first-order valence-corrected chi connectivity index (χ1v) is 6.44. The third-order valence-corrected chi connectivity index (χ3v) is 3.52. The molecule has 8 nitrogen and oxygen atoms in total. The Balaban J connectivity index is 2.02. The highest BCUT2D eigenvalue weighted by molar-refractivity contribution is 5.04. The van der Waals surface area contributed by atoms with Crippen LogP contribution in [-0.2, 0) is 9.47 Å². The first-order valence-electron chi connectivity index (χ1n) is 6.44. The topological polar surface area (TPSA) is 140 Å². The van der Waals surface area contributed by atoms with Crippen molar-refractivity contribution in [1.29, 1.82) is 0 Å². The standard InChI is InChI=1S/C12H20O8/c13-4-8-9(16)10(17)11(18)12(20-8)19-7-2-1-5(14)3-6(7)15/h1-2,5-18H,3-4H2/t5-,6+,7-,8-,9+,10+,11-,12+/m1/s1. The molecule has 0 saturated carbocycles. The van der Waals surface area contributed by atoms with Crippen LogP contribution in [0.4, 0.5) is 0 Å². The van der Waals surface area contributed by atoms with Crippen LogP contribution < -0.4 is 0 Å². The number of aliphatic hydroxyl groups is 6. The lowest BCUT2D eigenvalue weighted by Crippen LogP contribution is -2.60. The lowest BCUT2D eigenvalue weighted by molar-refractivity contribution is -0.313. The van der Waals surface area contributed by atoms with E-state index in [1.165, 1.54) is 12.2 Å². The van der Waals surface area contributed by atoms with Gasteiger partial charge < -0.3 is 40.1 Å². The van der Waals surface area contributed by atoms with Crippen molar-refractivity contribution in [2.75, 3.05) is 6.61 Å². The van der Waals surface area contributed by atoms with Crippen molar-refractivity contribution < 1.29 is 40.1 Å². The average Bonchev–Trinajstić information content (AvgIpc) is 2.42. The van der Waals surface area contributed by atoms with Crippen molar-refractivity contribution in [2.45, 2.75) is 55.4 Å². The van der Waals surface area contributed by atoms with E-state index in [0.29, 0.717) is 0 Å². The molecule has 2 rings (SSSR count). The van der Waals surface area contributed by atoms with E-state index < -0.39 is 55.6 Å². The van der Waals surface area contributed by atoms with Gasteiger partial charge in [0.25, 0.3) is 0 Å². The van der Waals surface area contributed by atoms with E-state index in [9.17, 15) is 25.5 Å². The van der Waals surface area contributed by atoms with Crippen molar-refractivity contribution in [3.8, 4) is 0 Å². The molecule has 0 spiro atoms. The summed E-state index contributed by atoms with van der Waals surface area (Å²) in [6.07, 6.45) is -6.47. The Morgan fingerprint density at radius 1 is 1.00 bits per heavy atom. The van der Waals surface area contributed by atoms with Crippen molar-refractivity contribution in [3.05, 3.63) is 12.2 Å². The molecule has 0 aromatic rings. The van der Waals surface area contributed by atoms with E-state index in [0.717, 1.165) is 0 Å². The van der Waals surface area contributed by atoms with Crippen LogP contribution in [0.1, 0.15) is 6.42 Å². The third-order valence-electron chi connectivity index (χ3n) is 3.52. The zero-order valence-electron chi connectivity index (χ0n) is 10.7. The second-order valence-electron chi connectivity index (χ2n) is 5.05. The van der Waals surface area contributed by atoms with E-state index >= 15 is 0 Å². The number of hydrogen-bond donors (Lipinski definition) is 6. The van der Waals surface area contributed by atoms with E-state index in [1.54, 1.807) is 0 Å². The van der Waals surface area contributed by atoms with Crippen molar-refractivity contribution in [1.82, 2.24) is 0 Å². The number of hydrogen-bond acceptors (Lipinski definition) is 8. The highest BCUT2D eigenvalue weighted by atomic mass is 16.7. The minimum absolute atomic E-state index is 0.0819. The Hall–Kier alpha value is -0.580. The lowest BCUT2D eigenvalue weighted by atomic mass is 9.97. The monoisotopic (exact) mass is 292 g/mol. The Labute approximate surface area is 115 Å². The zero-order valence-corrected chi connectivity index (χ0v) is 10.7. The lowest BCUT2D eigenvalue weighted by Gasteiger charge is -2.41. The van der Waals surface area contributed by atoms with Gasteiger partial charge >= 0.3 is 0 Å². The second kappa shape index (κ2) is 6.46. The molecule has 1 aliphatic heterocycles. The molecular formula is C12H20O8. The Morgan fingerprint density at radius 3 is 2.30 bits per heavy atom. The van der Waals surface area contributed by atoms with Crippen LogP contribution in [0.2, 0.25) is 0 Å². The van der Waals surface area contributed by atoms with Gasteiger partial charge in [0.2, 0.25) is 0 Å². The average molecular weight is 292 g/mol. The molecule has 1 heterocycles. The van der Waals surface area contributed by atoms with Crippen LogP contribution in [0.25, 0.3) is 0 Å². The SMILES string of the molecule is OC[C@H]1O[C@H](O[C@@H]2C=C[C@@H](O)C[C@@H]2O)[C@H](O)[C@@H](O)[C@H]1O. The van der Waals surface area contributed by atoms with E-state index in [4.69, 9.17) is 14.6 Å². The van der Waals surface area contributed by atoms with Gasteiger partial charge in [-0.3, -0.25) is 0 Å². The number of aliphatic hydroxyl groups excluding tert-OH is 6. The maximum Gasteiger partial charge on any atom is 0.187 e. The molecule has 1 saturated heterocycles. The summed E-state index contributed by atoms with van der Waals surface area (Å²) in [6.45, 7) is -0.549. The van der Waals surface area contributed by atoms with Crippen LogP contribution in [0.5, 0.6) is 0 Å². The molecule has 1 aliphatic carbocycles. The molecule has 0 amide bonds. The summed E-state index contributed by atoms with van der Waals surface area (Å²) < 4.78 is 10.5. The minimum atomic E-state index is -1.53. The van der Waals surface area contributed by atoms with Crippen LogP contribution in [0.15, 0.2) is 12.2 Å². The van der Waals surface area contributed by atoms with Gasteiger partial charge in [-0.15, -0.1) is 0 Å². The predicted molar refractivity (Wildman–Crippen MR) is 64.4 cm³/mol. The van der Waals surface area contributed by atoms with Gasteiger partial charge in [0.15, 0.2) is 6.29 Å². The van der Waals surface area contributed by atoms with Crippen LogP contribution in [0.3, 0.4) is 0 Å². The fraction of sp³-hybridized carbons (Fsp3) is 0.833. The Bertz CT molecular complexity index is 346. The smallest absolute Gasteiger partial charge is 0.187 e. The summed E-state index contributed by atoms with van der Waals surface area (Å²) in [5, 5.41) is 57.2. The fourth-order valence-corrected chi connectivity index (χ4v) is 2.30. The molecule has 8 heteroatoms. The predicted octanol–water partition coefficient (Wildman–Crippen LogP) is -3.15. The largest absolute Gasteiger partial charge is 0.394 e. The first-order chi connectivity index (χ1) is 9.43. The molecule has 8 atom stereocenters. The molecule has 0 unspecified atom stereocenters. The summed E-state index contributed by atoms with van der Waals surface area (Å²) in [5.41, 5.74) is 0. The molecule has 6 N–H and O–H groups in total. The molecular weight excluding hydrogens is 272 g/mol. The fourth-order valence-electron chi connectivity index (χ4n) is 2.30. The number of rotatable bonds is 3. The maximum atomic E-state index is 9.79. The van der Waals surface area contributed by atoms with Crippen LogP contribution in [0, 0.1) is 0 Å². The normalized spacial score (nSPS) is 49.3. The highest BCUT2D eigenvalue weighted by Crippen LogP contribution is 2.25. The highest BCUT2D eigenvalue weighted by Gasteiger charge is 2.45. The summed E-state index contributed by atoms with van der Waals surface area (Å²) in [4.78, 5) is 0. The number of ether oxygens (including phenoxy) is 2. The van der Waals surface area contributed by atoms with Gasteiger partial charge in [0.1, 0.15) is 30.5 Å². The summed E-state index contributed by atoms with van der Waals surface area (Å²) in [6, 6.07) is 0. The second-order valence-corrected chi connectivity index (χ2v) is 5.05. The van der Waals surface area contributed by atoms with Gasteiger partial charge in [-0.1, -0.05) is 12.2 Å². The van der Waals surface area contributed by atoms with Gasteiger partial charge in [-0.05, 0) is 0 Å². The van der Waals surface area contributed by atoms with E-state index in [1.807, 2.05) is 0 Å². The van der Waals surface area contributed by atoms with Crippen LogP contribution in [-0.4, -0.2) is 86.3 Å². The van der Waals surface area contributed by atoms with Gasteiger partial charge in [0, 0.05) is 6.42 Å². The molecule has 0 aromatic heterocycles. The molecule has 20 heavy (non-hydrogen) atoms. The molecule has 116 valence electrons. The summed E-state index contributed by atoms with van der Waals surface area (Å²) in [5.74, 6) is 0. The van der Waals surface area contributed by atoms with E-state index in [-0.39, 0.29) is 6.42 Å². The van der Waals surface area contributed by atoms with Gasteiger partial charge in [-0.25, -0.2) is 0 Å². The van der Waals surface area contributed by atoms with Gasteiger partial charge in [0.05, 0.1) is 18.8 Å². The van der Waals surface area contributed by atoms with Crippen LogP contribution >= 0.6 is 0 Å². The Kier molecular flexibility index (Phi) is 5.10. The van der Waals surface area contributed by atoms with Crippen molar-refractivity contribution in [3.63, 3.8) is 0 Å². The molecule has 0 aromatic carbocycles.